The molecule has 0 saturated carbocycles. The number of halogens is 1. The van der Waals surface area contributed by atoms with E-state index < -0.39 is 0 Å². The number of hydrogen-bond donors (Lipinski definition) is 0. The fourth-order valence-corrected chi connectivity index (χ4v) is 5.10. The number of carbonyl (C=O) groups is 2. The monoisotopic (exact) mass is 541 g/mol. The zero-order valence-electron chi connectivity index (χ0n) is 22.9. The Morgan fingerprint density at radius 1 is 0.800 bits per heavy atom. The second kappa shape index (κ2) is 11.7. The van der Waals surface area contributed by atoms with Gasteiger partial charge < -0.3 is 23.8 Å². The van der Waals surface area contributed by atoms with E-state index in [-0.39, 0.29) is 17.6 Å². The molecule has 2 amide bonds. The van der Waals surface area contributed by atoms with Gasteiger partial charge in [-0.25, -0.2) is 4.39 Å². The molecule has 0 aliphatic carbocycles. The van der Waals surface area contributed by atoms with Gasteiger partial charge in [-0.1, -0.05) is 24.3 Å². The molecule has 206 valence electrons. The first-order valence-electron chi connectivity index (χ1n) is 13.2. The van der Waals surface area contributed by atoms with Crippen molar-refractivity contribution < 1.29 is 23.5 Å². The second-order valence-electron chi connectivity index (χ2n) is 9.74. The van der Waals surface area contributed by atoms with Crippen LogP contribution < -0.4 is 9.47 Å². The van der Waals surface area contributed by atoms with Gasteiger partial charge in [-0.15, -0.1) is 0 Å². The number of amides is 2. The van der Waals surface area contributed by atoms with Crippen molar-refractivity contribution >= 4 is 11.8 Å². The largest absolute Gasteiger partial charge is 0.497 e. The highest BCUT2D eigenvalue weighted by molar-refractivity contribution is 5.97. The number of nitrogens with zero attached hydrogens (tertiary/aromatic N) is 3. The summed E-state index contributed by atoms with van der Waals surface area (Å²) < 4.78 is 27.2. The zero-order chi connectivity index (χ0) is 28.2. The Labute approximate surface area is 233 Å². The van der Waals surface area contributed by atoms with Crippen LogP contribution in [0.15, 0.2) is 78.9 Å². The van der Waals surface area contributed by atoms with Gasteiger partial charge in [0.1, 0.15) is 17.3 Å². The molecule has 5 rings (SSSR count). The number of para-hydroxylation sites is 1. The van der Waals surface area contributed by atoms with Gasteiger partial charge in [-0.3, -0.25) is 9.59 Å². The number of benzene rings is 3. The van der Waals surface area contributed by atoms with E-state index in [1.807, 2.05) is 61.5 Å². The molecule has 2 heterocycles. The molecule has 0 unspecified atom stereocenters. The molecule has 1 saturated heterocycles. The minimum atomic E-state index is -0.376. The molecule has 40 heavy (non-hydrogen) atoms. The highest BCUT2D eigenvalue weighted by atomic mass is 19.1. The van der Waals surface area contributed by atoms with Crippen molar-refractivity contribution in [1.82, 2.24) is 14.4 Å². The van der Waals surface area contributed by atoms with Gasteiger partial charge >= 0.3 is 0 Å². The third-order valence-corrected chi connectivity index (χ3v) is 7.39. The Bertz CT molecular complexity index is 1500. The molecule has 0 bridgehead atoms. The predicted molar refractivity (Wildman–Crippen MR) is 152 cm³/mol. The number of ether oxygens (including phenoxy) is 2. The van der Waals surface area contributed by atoms with Crippen LogP contribution >= 0.6 is 0 Å². The summed E-state index contributed by atoms with van der Waals surface area (Å²) in [5.74, 6) is 0.974. The van der Waals surface area contributed by atoms with Gasteiger partial charge in [0.15, 0.2) is 0 Å². The van der Waals surface area contributed by atoms with Gasteiger partial charge in [0, 0.05) is 31.9 Å². The average molecular weight is 542 g/mol. The molecule has 0 spiro atoms. The van der Waals surface area contributed by atoms with E-state index in [2.05, 4.69) is 0 Å². The van der Waals surface area contributed by atoms with E-state index in [0.29, 0.717) is 61.0 Å². The van der Waals surface area contributed by atoms with Crippen LogP contribution in [-0.2, 0) is 11.2 Å². The summed E-state index contributed by atoms with van der Waals surface area (Å²) in [6.07, 6.45) is 0.299. The first-order chi connectivity index (χ1) is 19.4. The van der Waals surface area contributed by atoms with Crippen LogP contribution in [0.4, 0.5) is 4.39 Å². The van der Waals surface area contributed by atoms with Crippen molar-refractivity contribution in [3.8, 4) is 28.4 Å². The average Bonchev–Trinajstić information content (AvgIpc) is 3.34. The number of methoxy groups -OCH3 is 2. The quantitative estimate of drug-likeness (QED) is 0.325. The highest BCUT2D eigenvalue weighted by Gasteiger charge is 2.28. The van der Waals surface area contributed by atoms with E-state index in [9.17, 15) is 14.0 Å². The lowest BCUT2D eigenvalue weighted by Gasteiger charge is -2.35. The summed E-state index contributed by atoms with van der Waals surface area (Å²) in [6.45, 7) is 3.60. The Hall–Kier alpha value is -4.59. The fourth-order valence-electron chi connectivity index (χ4n) is 5.10. The third-order valence-electron chi connectivity index (χ3n) is 7.39. The number of carbonyl (C=O) groups excluding carboxylic acids is 2. The van der Waals surface area contributed by atoms with Crippen molar-refractivity contribution in [3.05, 3.63) is 102 Å². The Morgan fingerprint density at radius 3 is 1.98 bits per heavy atom. The van der Waals surface area contributed by atoms with Gasteiger partial charge in [0.05, 0.1) is 37.6 Å². The molecule has 7 nitrogen and oxygen atoms in total. The lowest BCUT2D eigenvalue weighted by atomic mass is 10.1. The van der Waals surface area contributed by atoms with Crippen molar-refractivity contribution in [2.75, 3.05) is 40.4 Å². The molecule has 0 atom stereocenters. The normalized spacial score (nSPS) is 13.3. The van der Waals surface area contributed by atoms with Crippen LogP contribution in [0.3, 0.4) is 0 Å². The SMILES string of the molecule is COc1ccc(CC(=O)N2CCN(C(=O)c3cc(-c4ccc(OC)cc4)n(-c4ccccc4F)c3C)CC2)cc1. The molecule has 1 aliphatic rings. The molecule has 1 aliphatic heterocycles. The maximum absolute atomic E-state index is 15.0. The number of hydrogen-bond acceptors (Lipinski definition) is 4. The lowest BCUT2D eigenvalue weighted by Crippen LogP contribution is -2.51. The molecule has 0 N–H and O–H groups in total. The second-order valence-corrected chi connectivity index (χ2v) is 9.74. The van der Waals surface area contributed by atoms with Gasteiger partial charge in [-0.2, -0.15) is 0 Å². The third kappa shape index (κ3) is 5.43. The topological polar surface area (TPSA) is 64.0 Å². The van der Waals surface area contributed by atoms with E-state index in [4.69, 9.17) is 9.47 Å². The Balaban J connectivity index is 1.36. The van der Waals surface area contributed by atoms with Crippen LogP contribution in [0, 0.1) is 12.7 Å². The van der Waals surface area contributed by atoms with Crippen molar-refractivity contribution in [2.45, 2.75) is 13.3 Å². The van der Waals surface area contributed by atoms with Crippen LogP contribution in [0.25, 0.3) is 16.9 Å². The first kappa shape index (κ1) is 27.0. The molecular weight excluding hydrogens is 509 g/mol. The number of piperazine rings is 1. The number of rotatable bonds is 7. The van der Waals surface area contributed by atoms with E-state index in [1.165, 1.54) is 6.07 Å². The number of aromatic nitrogens is 1. The minimum Gasteiger partial charge on any atom is -0.497 e. The van der Waals surface area contributed by atoms with E-state index in [0.717, 1.165) is 16.9 Å². The maximum Gasteiger partial charge on any atom is 0.255 e. The molecule has 3 aromatic carbocycles. The van der Waals surface area contributed by atoms with E-state index >= 15 is 0 Å². The van der Waals surface area contributed by atoms with Gasteiger partial charge in [0.2, 0.25) is 5.91 Å². The molecule has 0 radical (unpaired) electrons. The summed E-state index contributed by atoms with van der Waals surface area (Å²) in [5.41, 5.74) is 3.99. The van der Waals surface area contributed by atoms with Crippen molar-refractivity contribution in [2.24, 2.45) is 0 Å². The minimum absolute atomic E-state index is 0.0287. The predicted octanol–water partition coefficient (Wildman–Crippen LogP) is 5.14. The van der Waals surface area contributed by atoms with Crippen LogP contribution in [0.5, 0.6) is 11.5 Å². The van der Waals surface area contributed by atoms with Crippen LogP contribution in [0.1, 0.15) is 21.6 Å². The standard InChI is InChI=1S/C32H32FN3O4/c1-22-27(21-30(24-10-14-26(40-3)15-11-24)36(22)29-7-5-4-6-28(29)33)32(38)35-18-16-34(17-19-35)31(37)20-23-8-12-25(39-2)13-9-23/h4-15,21H,16-20H2,1-3H3. The highest BCUT2D eigenvalue weighted by Crippen LogP contribution is 2.32. The summed E-state index contributed by atoms with van der Waals surface area (Å²) in [6, 6.07) is 23.3. The summed E-state index contributed by atoms with van der Waals surface area (Å²) in [7, 11) is 3.21. The molecule has 4 aromatic rings. The first-order valence-corrected chi connectivity index (χ1v) is 13.2. The summed E-state index contributed by atoms with van der Waals surface area (Å²) in [5, 5.41) is 0. The van der Waals surface area contributed by atoms with E-state index in [1.54, 1.807) is 46.8 Å². The van der Waals surface area contributed by atoms with Crippen LogP contribution in [-0.4, -0.2) is 66.6 Å². The van der Waals surface area contributed by atoms with Crippen LogP contribution in [0.2, 0.25) is 0 Å². The maximum atomic E-state index is 15.0. The molecule has 1 aromatic heterocycles. The molecular formula is C32H32FN3O4. The molecule has 1 fully saturated rings. The lowest BCUT2D eigenvalue weighted by molar-refractivity contribution is -0.131. The van der Waals surface area contributed by atoms with Gasteiger partial charge in [-0.05, 0) is 72.6 Å². The van der Waals surface area contributed by atoms with Crippen molar-refractivity contribution in [1.29, 1.82) is 0 Å². The fraction of sp³-hybridized carbons (Fsp3) is 0.250. The summed E-state index contributed by atoms with van der Waals surface area (Å²) >= 11 is 0. The Morgan fingerprint density at radius 2 is 1.38 bits per heavy atom. The molecule has 8 heteroatoms. The smallest absolute Gasteiger partial charge is 0.255 e. The Kier molecular flexibility index (Phi) is 7.86. The zero-order valence-corrected chi connectivity index (χ0v) is 22.9. The van der Waals surface area contributed by atoms with Gasteiger partial charge in [0.25, 0.3) is 5.91 Å². The summed E-state index contributed by atoms with van der Waals surface area (Å²) in [4.78, 5) is 30.2. The van der Waals surface area contributed by atoms with Crippen molar-refractivity contribution in [3.63, 3.8) is 0 Å².